The lowest BCUT2D eigenvalue weighted by molar-refractivity contribution is -0.137. The van der Waals surface area contributed by atoms with Gasteiger partial charge in [-0.05, 0) is 31.4 Å². The number of carbonyl (C=O) groups is 1. The molecule has 19 heavy (non-hydrogen) atoms. The minimum atomic E-state index is -0.775. The van der Waals surface area contributed by atoms with E-state index in [0.29, 0.717) is 24.4 Å². The Morgan fingerprint density at radius 1 is 1.42 bits per heavy atom. The van der Waals surface area contributed by atoms with Gasteiger partial charge in [-0.25, -0.2) is 8.78 Å². The number of carboxylic acids is 1. The molecule has 1 aromatic rings. The number of benzene rings is 1. The number of hydrogen-bond acceptors (Lipinski definition) is 2. The van der Waals surface area contributed by atoms with Crippen molar-refractivity contribution in [3.05, 3.63) is 35.4 Å². The molecule has 1 unspecified atom stereocenters. The number of nitrogens with zero attached hydrogens (tertiary/aromatic N) is 1. The molecule has 5 heteroatoms. The van der Waals surface area contributed by atoms with Crippen molar-refractivity contribution >= 4 is 5.97 Å². The maximum Gasteiger partial charge on any atom is 0.303 e. The van der Waals surface area contributed by atoms with E-state index in [0.717, 1.165) is 25.6 Å². The first-order chi connectivity index (χ1) is 9.04. The summed E-state index contributed by atoms with van der Waals surface area (Å²) in [5.41, 5.74) is 0.486. The highest BCUT2D eigenvalue weighted by Gasteiger charge is 2.23. The van der Waals surface area contributed by atoms with Crippen LogP contribution in [0.5, 0.6) is 0 Å². The molecule has 1 aliphatic heterocycles. The second-order valence-corrected chi connectivity index (χ2v) is 5.06. The van der Waals surface area contributed by atoms with Crippen LogP contribution >= 0.6 is 0 Å². The molecule has 2 rings (SSSR count). The topological polar surface area (TPSA) is 40.5 Å². The smallest absolute Gasteiger partial charge is 0.303 e. The molecular weight excluding hydrogens is 252 g/mol. The van der Waals surface area contributed by atoms with Gasteiger partial charge in [-0.1, -0.05) is 6.07 Å². The Hall–Kier alpha value is -1.49. The number of halogens is 2. The van der Waals surface area contributed by atoms with Crippen molar-refractivity contribution in [3.63, 3.8) is 0 Å². The first-order valence-corrected chi connectivity index (χ1v) is 6.42. The van der Waals surface area contributed by atoms with Crippen LogP contribution in [0.15, 0.2) is 18.2 Å². The van der Waals surface area contributed by atoms with Crippen molar-refractivity contribution < 1.29 is 18.7 Å². The van der Waals surface area contributed by atoms with Crippen LogP contribution in [0.3, 0.4) is 0 Å². The molecule has 0 bridgehead atoms. The largest absolute Gasteiger partial charge is 0.481 e. The lowest BCUT2D eigenvalue weighted by Gasteiger charge is -2.16. The van der Waals surface area contributed by atoms with Gasteiger partial charge in [0.1, 0.15) is 11.6 Å². The number of rotatable bonds is 5. The molecule has 1 aromatic carbocycles. The van der Waals surface area contributed by atoms with Crippen LogP contribution in [0.25, 0.3) is 0 Å². The van der Waals surface area contributed by atoms with Gasteiger partial charge in [-0.15, -0.1) is 0 Å². The molecular formula is C14H17F2NO2. The molecule has 1 heterocycles. The van der Waals surface area contributed by atoms with Crippen molar-refractivity contribution in [3.8, 4) is 0 Å². The van der Waals surface area contributed by atoms with E-state index in [4.69, 9.17) is 5.11 Å². The van der Waals surface area contributed by atoms with Gasteiger partial charge in [0, 0.05) is 31.1 Å². The first-order valence-electron chi connectivity index (χ1n) is 6.42. The van der Waals surface area contributed by atoms with Crippen molar-refractivity contribution in [1.82, 2.24) is 4.90 Å². The van der Waals surface area contributed by atoms with Gasteiger partial charge in [0.05, 0.1) is 0 Å². The third-order valence-electron chi connectivity index (χ3n) is 3.55. The number of hydrogen-bond donors (Lipinski definition) is 1. The van der Waals surface area contributed by atoms with Crippen LogP contribution in [0.4, 0.5) is 8.78 Å². The summed E-state index contributed by atoms with van der Waals surface area (Å²) in [7, 11) is 0. The van der Waals surface area contributed by atoms with E-state index in [9.17, 15) is 13.6 Å². The van der Waals surface area contributed by atoms with E-state index in [-0.39, 0.29) is 6.42 Å². The number of carboxylic acid groups (broad SMARTS) is 1. The lowest BCUT2D eigenvalue weighted by Crippen LogP contribution is -2.21. The quantitative estimate of drug-likeness (QED) is 0.893. The summed E-state index contributed by atoms with van der Waals surface area (Å²) in [6.07, 6.45) is 1.79. The van der Waals surface area contributed by atoms with E-state index >= 15 is 0 Å². The van der Waals surface area contributed by atoms with Crippen molar-refractivity contribution in [1.29, 1.82) is 0 Å². The van der Waals surface area contributed by atoms with Crippen LogP contribution in [0, 0.1) is 17.6 Å². The Balaban J connectivity index is 1.86. The predicted molar refractivity (Wildman–Crippen MR) is 66.6 cm³/mol. The van der Waals surface area contributed by atoms with Gasteiger partial charge in [-0.3, -0.25) is 9.69 Å². The van der Waals surface area contributed by atoms with E-state index in [1.165, 1.54) is 12.1 Å². The summed E-state index contributed by atoms with van der Waals surface area (Å²) < 4.78 is 26.3. The van der Waals surface area contributed by atoms with Crippen LogP contribution in [-0.2, 0) is 11.3 Å². The summed E-state index contributed by atoms with van der Waals surface area (Å²) in [4.78, 5) is 12.6. The molecule has 3 nitrogen and oxygen atoms in total. The van der Waals surface area contributed by atoms with Crippen molar-refractivity contribution in [2.75, 3.05) is 13.1 Å². The maximum atomic E-state index is 13.5. The van der Waals surface area contributed by atoms with Gasteiger partial charge in [0.15, 0.2) is 0 Å². The molecule has 1 aliphatic rings. The van der Waals surface area contributed by atoms with Crippen molar-refractivity contribution in [2.45, 2.75) is 25.8 Å². The number of aliphatic carboxylic acids is 1. The fraction of sp³-hybridized carbons (Fsp3) is 0.500. The van der Waals surface area contributed by atoms with E-state index in [1.54, 1.807) is 0 Å². The van der Waals surface area contributed by atoms with Gasteiger partial charge < -0.3 is 5.11 Å². The Labute approximate surface area is 110 Å². The van der Waals surface area contributed by atoms with E-state index in [2.05, 4.69) is 4.90 Å². The Kier molecular flexibility index (Phi) is 4.47. The van der Waals surface area contributed by atoms with E-state index in [1.807, 2.05) is 0 Å². The Morgan fingerprint density at radius 2 is 2.21 bits per heavy atom. The average Bonchev–Trinajstić information content (AvgIpc) is 2.78. The fourth-order valence-corrected chi connectivity index (χ4v) is 2.51. The molecule has 0 amide bonds. The second kappa shape index (κ2) is 6.10. The minimum Gasteiger partial charge on any atom is -0.481 e. The van der Waals surface area contributed by atoms with Crippen LogP contribution in [-0.4, -0.2) is 29.1 Å². The predicted octanol–water partition coefficient (Wildman–Crippen LogP) is 2.65. The average molecular weight is 269 g/mol. The second-order valence-electron chi connectivity index (χ2n) is 5.06. The van der Waals surface area contributed by atoms with Crippen LogP contribution < -0.4 is 0 Å². The molecule has 1 N–H and O–H groups in total. The molecule has 0 saturated carbocycles. The standard InChI is InChI=1S/C14H17F2NO2/c15-12-3-2-11(13(16)7-12)9-17-6-5-10(8-17)1-4-14(18)19/h2-3,7,10H,1,4-6,8-9H2,(H,18,19). The summed E-state index contributed by atoms with van der Waals surface area (Å²) in [5.74, 6) is -1.50. The summed E-state index contributed by atoms with van der Waals surface area (Å²) in [6.45, 7) is 2.07. The molecule has 1 atom stereocenters. The highest BCUT2D eigenvalue weighted by atomic mass is 19.1. The van der Waals surface area contributed by atoms with Gasteiger partial charge >= 0.3 is 5.97 Å². The highest BCUT2D eigenvalue weighted by Crippen LogP contribution is 2.23. The molecule has 104 valence electrons. The first kappa shape index (κ1) is 13.9. The molecule has 0 aromatic heterocycles. The fourth-order valence-electron chi connectivity index (χ4n) is 2.51. The zero-order chi connectivity index (χ0) is 13.8. The minimum absolute atomic E-state index is 0.184. The Bertz CT molecular complexity index is 465. The SMILES string of the molecule is O=C(O)CCC1CCN(Cc2ccc(F)cc2F)C1. The molecule has 1 fully saturated rings. The monoisotopic (exact) mass is 269 g/mol. The van der Waals surface area contributed by atoms with Crippen molar-refractivity contribution in [2.24, 2.45) is 5.92 Å². The van der Waals surface area contributed by atoms with Gasteiger partial charge in [0.2, 0.25) is 0 Å². The van der Waals surface area contributed by atoms with Crippen LogP contribution in [0.2, 0.25) is 0 Å². The van der Waals surface area contributed by atoms with Crippen LogP contribution in [0.1, 0.15) is 24.8 Å². The lowest BCUT2D eigenvalue weighted by atomic mass is 10.0. The normalized spacial score (nSPS) is 19.8. The summed E-state index contributed by atoms with van der Waals surface area (Å²) in [6, 6.07) is 3.62. The summed E-state index contributed by atoms with van der Waals surface area (Å²) >= 11 is 0. The van der Waals surface area contributed by atoms with E-state index < -0.39 is 17.6 Å². The third-order valence-corrected chi connectivity index (χ3v) is 3.55. The highest BCUT2D eigenvalue weighted by molar-refractivity contribution is 5.66. The van der Waals surface area contributed by atoms with Gasteiger partial charge in [0.25, 0.3) is 0 Å². The number of likely N-dealkylation sites (tertiary alicyclic amines) is 1. The zero-order valence-corrected chi connectivity index (χ0v) is 10.6. The molecule has 0 radical (unpaired) electrons. The van der Waals surface area contributed by atoms with Gasteiger partial charge in [-0.2, -0.15) is 0 Å². The Morgan fingerprint density at radius 3 is 2.89 bits per heavy atom. The molecule has 0 spiro atoms. The third kappa shape index (κ3) is 3.99. The molecule has 0 aliphatic carbocycles. The maximum absolute atomic E-state index is 13.5. The molecule has 1 saturated heterocycles. The zero-order valence-electron chi connectivity index (χ0n) is 10.6. The summed E-state index contributed by atoms with van der Waals surface area (Å²) in [5, 5.41) is 8.64.